The summed E-state index contributed by atoms with van der Waals surface area (Å²) in [6.45, 7) is 0. The first kappa shape index (κ1) is 42.8. The molecule has 368 valence electrons. The maximum atomic E-state index is 6.94. The summed E-state index contributed by atoms with van der Waals surface area (Å²) in [5.41, 5.74) is 16.3. The Morgan fingerprint density at radius 1 is 0.592 bits per heavy atom. The summed E-state index contributed by atoms with van der Waals surface area (Å²) in [7, 11) is 0. The predicted molar refractivity (Wildman–Crippen MR) is 284 cm³/mol. The molecule has 14 atom stereocenters. The number of aryl methyl sites for hydroxylation is 1. The number of rotatable bonds is 5. The Kier molecular flexibility index (Phi) is 10.2. The van der Waals surface area contributed by atoms with Gasteiger partial charge in [-0.3, -0.25) is 0 Å². The molecule has 5 nitrogen and oxygen atoms in total. The number of nitrogens with zero attached hydrogens (tertiary/aromatic N) is 3. The van der Waals surface area contributed by atoms with Crippen molar-refractivity contribution in [3.05, 3.63) is 152 Å². The van der Waals surface area contributed by atoms with E-state index in [1.165, 1.54) is 163 Å². The first-order valence-electron chi connectivity index (χ1n) is 29.7. The molecule has 0 radical (unpaired) electrons. The average molecular weight is 944 g/mol. The number of hydrogen-bond acceptors (Lipinski definition) is 5. The normalized spacial score (nSPS) is 40.2. The lowest BCUT2D eigenvalue weighted by Gasteiger charge is -2.40. The topological polar surface area (TPSA) is 32.1 Å². The van der Waals surface area contributed by atoms with Gasteiger partial charge in [-0.25, -0.2) is 0 Å². The molecular weight excluding hydrogens is 867 g/mol. The van der Waals surface area contributed by atoms with Crippen LogP contribution in [0.4, 0.5) is 0 Å². The van der Waals surface area contributed by atoms with Gasteiger partial charge in [0.2, 0.25) is 0 Å². The number of hydrogen-bond donors (Lipinski definition) is 0. The number of furan rings is 1. The van der Waals surface area contributed by atoms with E-state index in [1.807, 2.05) is 5.57 Å². The second kappa shape index (κ2) is 17.0. The van der Waals surface area contributed by atoms with E-state index in [1.54, 1.807) is 39.4 Å². The van der Waals surface area contributed by atoms with Crippen molar-refractivity contribution in [2.45, 2.75) is 190 Å². The van der Waals surface area contributed by atoms with Gasteiger partial charge in [0, 0.05) is 52.0 Å². The molecule has 5 heterocycles. The van der Waals surface area contributed by atoms with Gasteiger partial charge < -0.3 is 23.9 Å². The summed E-state index contributed by atoms with van der Waals surface area (Å²) >= 11 is 0. The minimum Gasteiger partial charge on any atom is -0.488 e. The summed E-state index contributed by atoms with van der Waals surface area (Å²) in [4.78, 5) is 8.83. The minimum absolute atomic E-state index is 0.205. The Hall–Kier alpha value is -4.64. The van der Waals surface area contributed by atoms with Crippen molar-refractivity contribution in [1.29, 1.82) is 0 Å². The van der Waals surface area contributed by atoms with Crippen molar-refractivity contribution in [2.75, 3.05) is 0 Å². The molecule has 0 bridgehead atoms. The third kappa shape index (κ3) is 6.60. The SMILES string of the molecule is C1=CCCC(N2C3C=C(C4CC=C5C(C4)C4=C(CCCC4)N5C4CCCC5=C4OC4C=CC=CC54)CCC3C3CC(C4C=C5C6CCC=CC6N(C6=c7oc8c(c7=CCC6)CCCC8)C5CC4)C=CC32)=C1. The van der Waals surface area contributed by atoms with Crippen molar-refractivity contribution < 1.29 is 9.15 Å². The fourth-order valence-corrected chi connectivity index (χ4v) is 18.9. The average Bonchev–Trinajstić information content (AvgIpc) is 4.24. The first-order valence-corrected chi connectivity index (χ1v) is 29.7. The molecule has 0 saturated carbocycles. The van der Waals surface area contributed by atoms with Gasteiger partial charge in [-0.1, -0.05) is 84.6 Å². The Morgan fingerprint density at radius 2 is 1.52 bits per heavy atom. The summed E-state index contributed by atoms with van der Waals surface area (Å²) in [6, 6.07) is 2.46. The lowest BCUT2D eigenvalue weighted by atomic mass is 9.67. The fourth-order valence-electron chi connectivity index (χ4n) is 18.9. The zero-order valence-electron chi connectivity index (χ0n) is 42.4. The second-order valence-electron chi connectivity index (χ2n) is 25.1. The van der Waals surface area contributed by atoms with Crippen LogP contribution in [0.15, 0.2) is 135 Å². The summed E-state index contributed by atoms with van der Waals surface area (Å²) < 4.78 is 13.8. The highest BCUT2D eigenvalue weighted by atomic mass is 16.5. The summed E-state index contributed by atoms with van der Waals surface area (Å²) in [5.74, 6) is 7.79. The van der Waals surface area contributed by atoms with Crippen LogP contribution in [0.5, 0.6) is 0 Å². The van der Waals surface area contributed by atoms with Crippen molar-refractivity contribution in [3.63, 3.8) is 0 Å². The molecule has 5 heteroatoms. The standard InChI is InChI=1S/C66H77N3O2/c1-2-14-44(15-3-1)67-57-33-29-40(41-30-34-58-52(36-41)45-16-4-8-22-55(45)68(58)60-24-12-20-50-48-18-6-10-26-63(48)70-65(50)60)37-54(57)47-32-28-43(39-62(47)67)42-31-35-59-53(38-42)46-17-5-9-23-56(46)69(59)61-25-13-21-51-49-19-7-11-27-64(49)71-66(51)61/h1-2,7-8,11,14,19-20,22,27,29,33,35-36,39-42,45,47,49,53-55,57-58,61-62,64H,3-6,9-10,12-13,15-18,21,23-26,28,30-32,34,37-38H2. The van der Waals surface area contributed by atoms with E-state index < -0.39 is 0 Å². The third-order valence-corrected chi connectivity index (χ3v) is 21.8. The summed E-state index contributed by atoms with van der Waals surface area (Å²) in [6.07, 6.45) is 68.6. The Balaban J connectivity index is 0.681. The molecule has 2 fully saturated rings. The van der Waals surface area contributed by atoms with E-state index in [0.29, 0.717) is 65.7 Å². The van der Waals surface area contributed by atoms with E-state index in [0.717, 1.165) is 31.1 Å². The van der Waals surface area contributed by atoms with Crippen molar-refractivity contribution in [1.82, 2.24) is 14.7 Å². The van der Waals surface area contributed by atoms with Gasteiger partial charge in [-0.05, 0) is 206 Å². The molecule has 15 aliphatic rings. The van der Waals surface area contributed by atoms with Crippen LogP contribution in [0.1, 0.15) is 153 Å². The van der Waals surface area contributed by atoms with Gasteiger partial charge >= 0.3 is 0 Å². The quantitative estimate of drug-likeness (QED) is 0.275. The van der Waals surface area contributed by atoms with E-state index in [9.17, 15) is 0 Å². The van der Waals surface area contributed by atoms with Gasteiger partial charge in [-0.15, -0.1) is 0 Å². The lowest BCUT2D eigenvalue weighted by Crippen LogP contribution is -2.43. The van der Waals surface area contributed by atoms with Crippen molar-refractivity contribution in [3.8, 4) is 0 Å². The third-order valence-electron chi connectivity index (χ3n) is 21.8. The van der Waals surface area contributed by atoms with E-state index in [4.69, 9.17) is 9.15 Å². The highest BCUT2D eigenvalue weighted by Gasteiger charge is 2.54. The predicted octanol–water partition coefficient (Wildman–Crippen LogP) is 13.0. The zero-order chi connectivity index (χ0) is 46.3. The molecule has 11 aliphatic carbocycles. The minimum atomic E-state index is 0.205. The molecule has 4 aliphatic heterocycles. The van der Waals surface area contributed by atoms with E-state index in [-0.39, 0.29) is 6.10 Å². The molecule has 1 aromatic rings. The fraction of sp³-hybridized carbons (Fsp3) is 0.576. The summed E-state index contributed by atoms with van der Waals surface area (Å²) in [5, 5.41) is 1.47. The van der Waals surface area contributed by atoms with E-state index >= 15 is 0 Å². The molecule has 1 aromatic heterocycles. The largest absolute Gasteiger partial charge is 0.488 e. The van der Waals surface area contributed by atoms with Gasteiger partial charge in [0.1, 0.15) is 17.6 Å². The van der Waals surface area contributed by atoms with Crippen LogP contribution in [0, 0.1) is 47.3 Å². The number of fused-ring (bicyclic) bond motifs is 13. The van der Waals surface area contributed by atoms with Crippen LogP contribution >= 0.6 is 0 Å². The molecule has 0 aromatic carbocycles. The van der Waals surface area contributed by atoms with Crippen molar-refractivity contribution in [2.24, 2.45) is 47.3 Å². The van der Waals surface area contributed by atoms with Crippen LogP contribution in [-0.2, 0) is 17.6 Å². The van der Waals surface area contributed by atoms with Crippen molar-refractivity contribution >= 4 is 11.8 Å². The number of likely N-dealkylation sites (tertiary alicyclic amines) is 2. The second-order valence-corrected chi connectivity index (χ2v) is 25.1. The van der Waals surface area contributed by atoms with Crippen LogP contribution in [0.3, 0.4) is 0 Å². The Bertz CT molecular complexity index is 2900. The molecule has 0 spiro atoms. The smallest absolute Gasteiger partial charge is 0.153 e. The van der Waals surface area contributed by atoms with Crippen LogP contribution < -0.4 is 10.6 Å². The highest BCUT2D eigenvalue weighted by molar-refractivity contribution is 5.55. The monoisotopic (exact) mass is 944 g/mol. The Labute approximate surface area is 423 Å². The molecule has 16 rings (SSSR count). The molecule has 0 N–H and O–H groups in total. The highest BCUT2D eigenvalue weighted by Crippen LogP contribution is 2.58. The molecule has 71 heavy (non-hydrogen) atoms. The molecule has 0 amide bonds. The lowest BCUT2D eigenvalue weighted by molar-refractivity contribution is 0.120. The number of allylic oxidation sites excluding steroid dienone is 13. The molecule has 2 saturated heterocycles. The van der Waals surface area contributed by atoms with Gasteiger partial charge in [-0.2, -0.15) is 0 Å². The van der Waals surface area contributed by atoms with Gasteiger partial charge in [0.05, 0.1) is 35.9 Å². The van der Waals surface area contributed by atoms with Gasteiger partial charge in [0.15, 0.2) is 5.42 Å². The van der Waals surface area contributed by atoms with E-state index in [2.05, 4.69) is 106 Å². The zero-order valence-corrected chi connectivity index (χ0v) is 42.4. The molecular formula is C66H77N3O2. The van der Waals surface area contributed by atoms with Crippen LogP contribution in [0.2, 0.25) is 0 Å². The van der Waals surface area contributed by atoms with Gasteiger partial charge in [0.25, 0.3) is 0 Å². The first-order chi connectivity index (χ1) is 35.2. The molecule has 14 unspecified atom stereocenters. The van der Waals surface area contributed by atoms with Crippen LogP contribution in [0.25, 0.3) is 11.8 Å². The maximum Gasteiger partial charge on any atom is 0.153 e. The Morgan fingerprint density at radius 3 is 2.49 bits per heavy atom. The van der Waals surface area contributed by atoms with Crippen LogP contribution in [-0.4, -0.2) is 51.0 Å². The number of ether oxygens (including phenoxy) is 1. The maximum absolute atomic E-state index is 6.94.